The maximum atomic E-state index is 9.17. The van der Waals surface area contributed by atoms with Crippen LogP contribution in [0.25, 0.3) is 0 Å². The summed E-state index contributed by atoms with van der Waals surface area (Å²) in [5, 5.41) is 9.17. The highest BCUT2D eigenvalue weighted by molar-refractivity contribution is 4.78. The van der Waals surface area contributed by atoms with E-state index in [0.717, 1.165) is 12.3 Å². The van der Waals surface area contributed by atoms with E-state index in [9.17, 15) is 0 Å². The number of hydrogen-bond acceptors (Lipinski definition) is 1. The lowest BCUT2D eigenvalue weighted by Gasteiger charge is -2.10. The number of aliphatic hydroxyl groups excluding tert-OH is 1. The summed E-state index contributed by atoms with van der Waals surface area (Å²) >= 11 is 0. The van der Waals surface area contributed by atoms with E-state index in [1.807, 2.05) is 0 Å². The van der Waals surface area contributed by atoms with Gasteiger partial charge in [-0.05, 0) is 24.7 Å². The van der Waals surface area contributed by atoms with Crippen LogP contribution in [-0.4, -0.2) is 11.2 Å². The van der Waals surface area contributed by atoms with Crippen LogP contribution in [-0.2, 0) is 0 Å². The fourth-order valence-electron chi connectivity index (χ4n) is 1.34. The molecule has 1 aliphatic rings. The van der Waals surface area contributed by atoms with Crippen molar-refractivity contribution >= 4 is 0 Å². The number of aliphatic hydroxyl groups is 1. The van der Waals surface area contributed by atoms with Gasteiger partial charge in [0.25, 0.3) is 0 Å². The Morgan fingerprint density at radius 2 is 1.88 bits per heavy atom. The maximum absolute atomic E-state index is 9.17. The minimum atomic E-state index is -0.00926. The molecule has 0 unspecified atom stereocenters. The van der Waals surface area contributed by atoms with Crippen molar-refractivity contribution in [1.82, 2.24) is 0 Å². The van der Waals surface area contributed by atoms with Crippen LogP contribution in [0, 0.1) is 11.8 Å². The third-order valence-corrected chi connectivity index (χ3v) is 2.42. The molecule has 1 nitrogen and oxygen atoms in total. The number of rotatable bonds is 0. The molecule has 1 heteroatoms. The molecule has 0 aliphatic heterocycles. The Balaban J connectivity index is 2.44. The molecular weight excluding hydrogens is 100 g/mol. The predicted molar refractivity (Wildman–Crippen MR) is 33.6 cm³/mol. The first kappa shape index (κ1) is 6.09. The highest BCUT2D eigenvalue weighted by atomic mass is 16.3. The van der Waals surface area contributed by atoms with Gasteiger partial charge in [0.2, 0.25) is 0 Å². The summed E-state index contributed by atoms with van der Waals surface area (Å²) < 4.78 is 0. The van der Waals surface area contributed by atoms with E-state index >= 15 is 0 Å². The molecule has 1 N–H and O–H groups in total. The third kappa shape index (κ3) is 0.873. The van der Waals surface area contributed by atoms with Gasteiger partial charge < -0.3 is 5.11 Å². The summed E-state index contributed by atoms with van der Waals surface area (Å²) in [4.78, 5) is 0. The molecule has 0 radical (unpaired) electrons. The lowest BCUT2D eigenvalue weighted by Crippen LogP contribution is -2.12. The second kappa shape index (κ2) is 2.06. The Bertz CT molecular complexity index is 70.5. The Morgan fingerprint density at radius 3 is 2.00 bits per heavy atom. The van der Waals surface area contributed by atoms with Gasteiger partial charge >= 0.3 is 0 Å². The van der Waals surface area contributed by atoms with Crippen LogP contribution in [0.4, 0.5) is 0 Å². The van der Waals surface area contributed by atoms with E-state index in [1.165, 1.54) is 6.42 Å². The highest BCUT2D eigenvalue weighted by Crippen LogP contribution is 2.30. The molecule has 1 aliphatic carbocycles. The van der Waals surface area contributed by atoms with E-state index < -0.39 is 0 Å². The van der Waals surface area contributed by atoms with Crippen LogP contribution in [0.5, 0.6) is 0 Å². The third-order valence-electron chi connectivity index (χ3n) is 2.42. The zero-order valence-corrected chi connectivity index (χ0v) is 5.59. The fourth-order valence-corrected chi connectivity index (χ4v) is 1.34. The normalized spacial score (nSPS) is 47.6. The Hall–Kier alpha value is -0.0400. The van der Waals surface area contributed by atoms with Crippen molar-refractivity contribution in [2.24, 2.45) is 11.8 Å². The lowest BCUT2D eigenvalue weighted by molar-refractivity contribution is 0.130. The van der Waals surface area contributed by atoms with Crippen molar-refractivity contribution in [3.63, 3.8) is 0 Å². The molecule has 0 spiro atoms. The topological polar surface area (TPSA) is 20.2 Å². The smallest absolute Gasteiger partial charge is 0.0568 e. The predicted octanol–water partition coefficient (Wildman–Crippen LogP) is 1.41. The second-order valence-corrected chi connectivity index (χ2v) is 2.98. The average molecular weight is 114 g/mol. The molecule has 0 aromatic carbocycles. The first-order chi connectivity index (χ1) is 3.72. The summed E-state index contributed by atoms with van der Waals surface area (Å²) in [6.07, 6.45) is 2.22. The molecular formula is C7H14O. The fraction of sp³-hybridized carbons (Fsp3) is 1.00. The van der Waals surface area contributed by atoms with Gasteiger partial charge in [-0.15, -0.1) is 0 Å². The molecule has 1 fully saturated rings. The van der Waals surface area contributed by atoms with Gasteiger partial charge in [-0.3, -0.25) is 0 Å². The van der Waals surface area contributed by atoms with Crippen LogP contribution in [0.1, 0.15) is 26.7 Å². The first-order valence-electron chi connectivity index (χ1n) is 3.40. The summed E-state index contributed by atoms with van der Waals surface area (Å²) in [7, 11) is 0. The van der Waals surface area contributed by atoms with Crippen molar-refractivity contribution in [3.8, 4) is 0 Å². The van der Waals surface area contributed by atoms with Crippen LogP contribution < -0.4 is 0 Å². The summed E-state index contributed by atoms with van der Waals surface area (Å²) in [6, 6.07) is 0. The molecule has 1 rings (SSSR count). The van der Waals surface area contributed by atoms with Gasteiger partial charge in [0.1, 0.15) is 0 Å². The van der Waals surface area contributed by atoms with Gasteiger partial charge in [-0.2, -0.15) is 0 Å². The molecule has 0 saturated heterocycles. The average Bonchev–Trinajstić information content (AvgIpc) is 1.98. The van der Waals surface area contributed by atoms with Crippen molar-refractivity contribution in [3.05, 3.63) is 0 Å². The summed E-state index contributed by atoms with van der Waals surface area (Å²) in [5.41, 5.74) is 0. The molecule has 8 heavy (non-hydrogen) atoms. The summed E-state index contributed by atoms with van der Waals surface area (Å²) in [6.45, 7) is 4.34. The molecule has 0 aromatic rings. The van der Waals surface area contributed by atoms with Crippen molar-refractivity contribution in [2.75, 3.05) is 0 Å². The van der Waals surface area contributed by atoms with E-state index in [1.54, 1.807) is 0 Å². The Labute approximate surface area is 50.7 Å². The van der Waals surface area contributed by atoms with Crippen LogP contribution in [0.3, 0.4) is 0 Å². The van der Waals surface area contributed by atoms with Gasteiger partial charge in [0.15, 0.2) is 0 Å². The van der Waals surface area contributed by atoms with Crippen LogP contribution in [0.15, 0.2) is 0 Å². The molecule has 3 atom stereocenters. The highest BCUT2D eigenvalue weighted by Gasteiger charge is 2.27. The van der Waals surface area contributed by atoms with Gasteiger partial charge in [0.05, 0.1) is 6.10 Å². The van der Waals surface area contributed by atoms with Gasteiger partial charge in [0, 0.05) is 0 Å². The molecule has 1 saturated carbocycles. The van der Waals surface area contributed by atoms with Gasteiger partial charge in [-0.25, -0.2) is 0 Å². The standard InChI is InChI=1S/C7H14O/c1-5-3-4-7(8)6(5)2/h5-8H,3-4H2,1-2H3/t5-,6-,7-/m1/s1. The lowest BCUT2D eigenvalue weighted by atomic mass is 10.00. The molecule has 0 heterocycles. The first-order valence-corrected chi connectivity index (χ1v) is 3.40. The van der Waals surface area contributed by atoms with E-state index in [-0.39, 0.29) is 6.10 Å². The van der Waals surface area contributed by atoms with E-state index in [2.05, 4.69) is 13.8 Å². The second-order valence-electron chi connectivity index (χ2n) is 2.98. The van der Waals surface area contributed by atoms with Gasteiger partial charge in [-0.1, -0.05) is 13.8 Å². The van der Waals surface area contributed by atoms with Crippen molar-refractivity contribution in [2.45, 2.75) is 32.8 Å². The van der Waals surface area contributed by atoms with E-state index in [4.69, 9.17) is 5.11 Å². The van der Waals surface area contributed by atoms with Crippen molar-refractivity contribution in [1.29, 1.82) is 0 Å². The SMILES string of the molecule is C[C@@H]1[C@H](C)CC[C@H]1O. The minimum Gasteiger partial charge on any atom is -0.393 e. The Morgan fingerprint density at radius 1 is 1.25 bits per heavy atom. The largest absolute Gasteiger partial charge is 0.393 e. The minimum absolute atomic E-state index is 0.00926. The van der Waals surface area contributed by atoms with E-state index in [0.29, 0.717) is 5.92 Å². The van der Waals surface area contributed by atoms with Crippen molar-refractivity contribution < 1.29 is 5.11 Å². The molecule has 0 amide bonds. The van der Waals surface area contributed by atoms with Crippen LogP contribution in [0.2, 0.25) is 0 Å². The van der Waals surface area contributed by atoms with Crippen LogP contribution >= 0.6 is 0 Å². The molecule has 48 valence electrons. The quantitative estimate of drug-likeness (QED) is 0.505. The zero-order chi connectivity index (χ0) is 6.15. The number of hydrogen-bond donors (Lipinski definition) is 1. The zero-order valence-electron chi connectivity index (χ0n) is 5.59. The summed E-state index contributed by atoms with van der Waals surface area (Å²) in [5.74, 6) is 1.28. The Kier molecular flexibility index (Phi) is 1.57. The maximum Gasteiger partial charge on any atom is 0.0568 e. The molecule has 0 aromatic heterocycles. The molecule has 0 bridgehead atoms. The monoisotopic (exact) mass is 114 g/mol.